The van der Waals surface area contributed by atoms with Gasteiger partial charge in [0.05, 0.1) is 6.26 Å². The smallest absolute Gasteiger partial charge is 0.223 e. The maximum Gasteiger partial charge on any atom is 0.223 e. The highest BCUT2D eigenvalue weighted by molar-refractivity contribution is 7.88. The molecule has 0 aromatic carbocycles. The van der Waals surface area contributed by atoms with Crippen LogP contribution in [0.15, 0.2) is 0 Å². The van der Waals surface area contributed by atoms with Crippen LogP contribution in [0, 0.1) is 0 Å². The zero-order valence-electron chi connectivity index (χ0n) is 13.7. The molecule has 0 aromatic rings. The third kappa shape index (κ3) is 5.94. The molecule has 0 N–H and O–H groups in total. The van der Waals surface area contributed by atoms with Crippen molar-refractivity contribution in [3.8, 4) is 0 Å². The van der Waals surface area contributed by atoms with Gasteiger partial charge in [0.15, 0.2) is 0 Å². The first-order valence-electron chi connectivity index (χ1n) is 8.14. The van der Waals surface area contributed by atoms with Crippen LogP contribution in [-0.4, -0.2) is 55.5 Å². The first-order chi connectivity index (χ1) is 9.90. The van der Waals surface area contributed by atoms with Crippen LogP contribution in [0.4, 0.5) is 0 Å². The summed E-state index contributed by atoms with van der Waals surface area (Å²) in [5, 5.41) is 0. The van der Waals surface area contributed by atoms with E-state index in [9.17, 15) is 13.2 Å². The van der Waals surface area contributed by atoms with Crippen LogP contribution in [-0.2, 0) is 14.8 Å². The van der Waals surface area contributed by atoms with Gasteiger partial charge in [0.1, 0.15) is 0 Å². The Morgan fingerprint density at radius 2 is 1.57 bits per heavy atom. The van der Waals surface area contributed by atoms with Gasteiger partial charge in [-0.15, -0.1) is 0 Å². The lowest BCUT2D eigenvalue weighted by Gasteiger charge is -2.28. The van der Waals surface area contributed by atoms with Gasteiger partial charge >= 0.3 is 0 Å². The van der Waals surface area contributed by atoms with Crippen molar-refractivity contribution in [2.75, 3.05) is 25.9 Å². The summed E-state index contributed by atoms with van der Waals surface area (Å²) in [7, 11) is -3.23. The summed E-state index contributed by atoms with van der Waals surface area (Å²) in [6.07, 6.45) is 7.44. The Labute approximate surface area is 129 Å². The number of rotatable bonds is 9. The molecule has 0 unspecified atom stereocenters. The fourth-order valence-corrected chi connectivity index (χ4v) is 4.25. The van der Waals surface area contributed by atoms with Crippen LogP contribution >= 0.6 is 0 Å². The lowest BCUT2D eigenvalue weighted by Crippen LogP contribution is -2.41. The lowest BCUT2D eigenvalue weighted by atomic mass is 10.2. The van der Waals surface area contributed by atoms with Gasteiger partial charge in [-0.1, -0.05) is 26.7 Å². The van der Waals surface area contributed by atoms with Crippen LogP contribution < -0.4 is 0 Å². The standard InChI is InChI=1S/C15H30N2O3S/c1-4-11-16(12-5-2)15(18)10-13-17(21(3,19)20)14-8-6-7-9-14/h14H,4-13H2,1-3H3. The Morgan fingerprint density at radius 3 is 2.00 bits per heavy atom. The Hall–Kier alpha value is -0.620. The Balaban J connectivity index is 2.61. The molecule has 5 nitrogen and oxygen atoms in total. The third-order valence-electron chi connectivity index (χ3n) is 4.04. The highest BCUT2D eigenvalue weighted by atomic mass is 32.2. The quantitative estimate of drug-likeness (QED) is 0.655. The molecule has 0 atom stereocenters. The second-order valence-electron chi connectivity index (χ2n) is 5.94. The number of amides is 1. The fourth-order valence-electron chi connectivity index (χ4n) is 3.08. The van der Waals surface area contributed by atoms with Crippen molar-refractivity contribution >= 4 is 15.9 Å². The number of sulfonamides is 1. The number of hydrogen-bond acceptors (Lipinski definition) is 3. The van der Waals surface area contributed by atoms with Crippen molar-refractivity contribution in [2.24, 2.45) is 0 Å². The minimum absolute atomic E-state index is 0.0744. The molecule has 0 radical (unpaired) electrons. The first kappa shape index (κ1) is 18.4. The summed E-state index contributed by atoms with van der Waals surface area (Å²) in [4.78, 5) is 14.1. The number of hydrogen-bond donors (Lipinski definition) is 0. The average molecular weight is 318 g/mol. The van der Waals surface area contributed by atoms with Gasteiger partial charge in [-0.25, -0.2) is 8.42 Å². The fraction of sp³-hybridized carbons (Fsp3) is 0.933. The van der Waals surface area contributed by atoms with Gasteiger partial charge in [0, 0.05) is 32.1 Å². The van der Waals surface area contributed by atoms with Gasteiger partial charge in [-0.3, -0.25) is 4.79 Å². The van der Waals surface area contributed by atoms with E-state index in [-0.39, 0.29) is 11.9 Å². The van der Waals surface area contributed by atoms with E-state index < -0.39 is 10.0 Å². The molecule has 0 spiro atoms. The second-order valence-corrected chi connectivity index (χ2v) is 7.88. The molecular formula is C15H30N2O3S. The van der Waals surface area contributed by atoms with E-state index in [1.54, 1.807) is 4.31 Å². The molecule has 1 aliphatic rings. The molecule has 1 amide bonds. The molecule has 0 heterocycles. The van der Waals surface area contributed by atoms with E-state index in [2.05, 4.69) is 13.8 Å². The first-order valence-corrected chi connectivity index (χ1v) is 9.99. The summed E-state index contributed by atoms with van der Waals surface area (Å²) in [6, 6.07) is 0.0959. The molecule has 1 rings (SSSR count). The zero-order chi connectivity index (χ0) is 15.9. The summed E-state index contributed by atoms with van der Waals surface area (Å²) in [5.41, 5.74) is 0. The van der Waals surface area contributed by atoms with Crippen LogP contribution in [0.3, 0.4) is 0 Å². The SMILES string of the molecule is CCCN(CCC)C(=O)CCN(C1CCCC1)S(C)(=O)=O. The Kier molecular flexibility index (Phi) is 7.66. The molecule has 0 saturated heterocycles. The molecule has 1 saturated carbocycles. The van der Waals surface area contributed by atoms with Crippen LogP contribution in [0.2, 0.25) is 0 Å². The van der Waals surface area contributed by atoms with E-state index in [0.717, 1.165) is 51.6 Å². The molecule has 1 aliphatic carbocycles. The van der Waals surface area contributed by atoms with E-state index in [1.165, 1.54) is 6.26 Å². The van der Waals surface area contributed by atoms with E-state index in [0.29, 0.717) is 13.0 Å². The van der Waals surface area contributed by atoms with Crippen molar-refractivity contribution < 1.29 is 13.2 Å². The topological polar surface area (TPSA) is 57.7 Å². The van der Waals surface area contributed by atoms with Crippen molar-refractivity contribution in [3.63, 3.8) is 0 Å². The molecule has 124 valence electrons. The minimum Gasteiger partial charge on any atom is -0.343 e. The normalized spacial score (nSPS) is 16.6. The maximum atomic E-state index is 12.3. The molecule has 0 aromatic heterocycles. The van der Waals surface area contributed by atoms with Crippen LogP contribution in [0.5, 0.6) is 0 Å². The lowest BCUT2D eigenvalue weighted by molar-refractivity contribution is -0.131. The van der Waals surface area contributed by atoms with Gasteiger partial charge in [0.25, 0.3) is 0 Å². The molecule has 21 heavy (non-hydrogen) atoms. The van der Waals surface area contributed by atoms with E-state index >= 15 is 0 Å². The van der Waals surface area contributed by atoms with Gasteiger partial charge in [-0.2, -0.15) is 4.31 Å². The second kappa shape index (κ2) is 8.73. The van der Waals surface area contributed by atoms with Gasteiger partial charge < -0.3 is 4.90 Å². The number of carbonyl (C=O) groups excluding carboxylic acids is 1. The molecule has 6 heteroatoms. The number of carbonyl (C=O) groups is 1. The maximum absolute atomic E-state index is 12.3. The molecule has 0 aliphatic heterocycles. The largest absolute Gasteiger partial charge is 0.343 e. The van der Waals surface area contributed by atoms with Crippen molar-refractivity contribution in [2.45, 2.75) is 64.8 Å². The average Bonchev–Trinajstić information content (AvgIpc) is 2.90. The van der Waals surface area contributed by atoms with E-state index in [4.69, 9.17) is 0 Å². The third-order valence-corrected chi connectivity index (χ3v) is 5.38. The summed E-state index contributed by atoms with van der Waals surface area (Å²) in [5.74, 6) is 0.0744. The predicted octanol–water partition coefficient (Wildman–Crippen LogP) is 2.23. The molecular weight excluding hydrogens is 288 g/mol. The highest BCUT2D eigenvalue weighted by Crippen LogP contribution is 2.25. The summed E-state index contributed by atoms with van der Waals surface area (Å²) >= 11 is 0. The number of nitrogens with zero attached hydrogens (tertiary/aromatic N) is 2. The van der Waals surface area contributed by atoms with Gasteiger partial charge in [-0.05, 0) is 25.7 Å². The van der Waals surface area contributed by atoms with Crippen molar-refractivity contribution in [1.82, 2.24) is 9.21 Å². The van der Waals surface area contributed by atoms with Gasteiger partial charge in [0.2, 0.25) is 15.9 Å². The molecule has 0 bridgehead atoms. The zero-order valence-corrected chi connectivity index (χ0v) is 14.5. The van der Waals surface area contributed by atoms with Crippen LogP contribution in [0.1, 0.15) is 58.8 Å². The van der Waals surface area contributed by atoms with Crippen molar-refractivity contribution in [1.29, 1.82) is 0 Å². The summed E-state index contributed by atoms with van der Waals surface area (Å²) in [6.45, 7) is 5.95. The minimum atomic E-state index is -3.23. The Bertz CT molecular complexity index is 411. The highest BCUT2D eigenvalue weighted by Gasteiger charge is 2.29. The predicted molar refractivity (Wildman–Crippen MR) is 85.6 cm³/mol. The van der Waals surface area contributed by atoms with Crippen LogP contribution in [0.25, 0.3) is 0 Å². The summed E-state index contributed by atoms with van der Waals surface area (Å²) < 4.78 is 25.5. The monoisotopic (exact) mass is 318 g/mol. The molecule has 1 fully saturated rings. The van der Waals surface area contributed by atoms with E-state index in [1.807, 2.05) is 4.90 Å². The Morgan fingerprint density at radius 1 is 1.05 bits per heavy atom. The van der Waals surface area contributed by atoms with Crippen molar-refractivity contribution in [3.05, 3.63) is 0 Å².